The summed E-state index contributed by atoms with van der Waals surface area (Å²) >= 11 is 0. The predicted octanol–water partition coefficient (Wildman–Crippen LogP) is 2.66. The van der Waals surface area contributed by atoms with E-state index in [-0.39, 0.29) is 18.8 Å². The molecule has 4 heteroatoms. The van der Waals surface area contributed by atoms with Crippen LogP contribution in [0, 0.1) is 0 Å². The zero-order valence-corrected chi connectivity index (χ0v) is 11.7. The van der Waals surface area contributed by atoms with Crippen molar-refractivity contribution in [3.63, 3.8) is 0 Å². The first-order valence-corrected chi connectivity index (χ1v) is 6.56. The molecular weight excluding hydrogens is 268 g/mol. The molecule has 108 valence electrons. The third kappa shape index (κ3) is 4.45. The average molecular weight is 284 g/mol. The quantitative estimate of drug-likeness (QED) is 0.604. The number of methoxy groups -OCH3 is 1. The summed E-state index contributed by atoms with van der Waals surface area (Å²) in [4.78, 5) is 23.5. The molecule has 0 saturated heterocycles. The fraction of sp³-hybridized carbons (Fsp3) is 0.176. The Kier molecular flexibility index (Phi) is 5.10. The van der Waals surface area contributed by atoms with E-state index in [0.717, 1.165) is 5.56 Å². The van der Waals surface area contributed by atoms with Crippen LogP contribution in [0.3, 0.4) is 0 Å². The first-order chi connectivity index (χ1) is 10.2. The highest BCUT2D eigenvalue weighted by atomic mass is 16.5. The van der Waals surface area contributed by atoms with Gasteiger partial charge in [-0.15, -0.1) is 0 Å². The molecule has 0 bridgehead atoms. The smallest absolute Gasteiger partial charge is 0.310 e. The Bertz CT molecular complexity index is 620. The van der Waals surface area contributed by atoms with Gasteiger partial charge in [-0.05, 0) is 17.7 Å². The summed E-state index contributed by atoms with van der Waals surface area (Å²) in [7, 11) is 1.57. The number of esters is 1. The van der Waals surface area contributed by atoms with Crippen molar-refractivity contribution in [1.29, 1.82) is 0 Å². The zero-order chi connectivity index (χ0) is 15.1. The molecule has 0 fully saturated rings. The molecule has 0 amide bonds. The summed E-state index contributed by atoms with van der Waals surface area (Å²) in [5.74, 6) is 0.0304. The van der Waals surface area contributed by atoms with Crippen molar-refractivity contribution in [3.05, 3.63) is 65.7 Å². The highest BCUT2D eigenvalue weighted by molar-refractivity contribution is 5.97. The maximum absolute atomic E-state index is 11.8. The maximum atomic E-state index is 11.8. The van der Waals surface area contributed by atoms with Gasteiger partial charge in [0.2, 0.25) is 0 Å². The summed E-state index contributed by atoms with van der Waals surface area (Å²) in [5, 5.41) is 0. The van der Waals surface area contributed by atoms with E-state index in [2.05, 4.69) is 0 Å². The van der Waals surface area contributed by atoms with Crippen molar-refractivity contribution in [3.8, 4) is 5.75 Å². The van der Waals surface area contributed by atoms with Crippen LogP contribution < -0.4 is 4.74 Å². The van der Waals surface area contributed by atoms with Crippen LogP contribution in [-0.2, 0) is 16.0 Å². The second-order valence-corrected chi connectivity index (χ2v) is 4.48. The summed E-state index contributed by atoms with van der Waals surface area (Å²) in [6, 6.07) is 15.9. The molecule has 0 N–H and O–H groups in total. The van der Waals surface area contributed by atoms with E-state index >= 15 is 0 Å². The minimum Gasteiger partial charge on any atom is -0.497 e. The molecule has 0 aliphatic heterocycles. The van der Waals surface area contributed by atoms with Crippen molar-refractivity contribution in [2.24, 2.45) is 0 Å². The van der Waals surface area contributed by atoms with Gasteiger partial charge in [0, 0.05) is 5.56 Å². The third-order valence-corrected chi connectivity index (χ3v) is 2.94. The van der Waals surface area contributed by atoms with Gasteiger partial charge in [-0.1, -0.05) is 42.5 Å². The Morgan fingerprint density at radius 3 is 2.48 bits per heavy atom. The van der Waals surface area contributed by atoms with Crippen LogP contribution >= 0.6 is 0 Å². The number of carbonyl (C=O) groups excluding carboxylic acids is 2. The molecular formula is C17H16O4. The van der Waals surface area contributed by atoms with Crippen LogP contribution in [0.1, 0.15) is 15.9 Å². The van der Waals surface area contributed by atoms with Gasteiger partial charge < -0.3 is 9.47 Å². The molecule has 4 nitrogen and oxygen atoms in total. The van der Waals surface area contributed by atoms with Crippen LogP contribution in [0.15, 0.2) is 54.6 Å². The van der Waals surface area contributed by atoms with Gasteiger partial charge in [-0.25, -0.2) is 0 Å². The fourth-order valence-corrected chi connectivity index (χ4v) is 1.85. The molecule has 0 aliphatic rings. The summed E-state index contributed by atoms with van der Waals surface area (Å²) < 4.78 is 10.1. The number of Topliss-reactive ketones (excluding diaryl/α,β-unsaturated/α-hetero) is 1. The normalized spacial score (nSPS) is 9.95. The maximum Gasteiger partial charge on any atom is 0.310 e. The monoisotopic (exact) mass is 284 g/mol. The van der Waals surface area contributed by atoms with E-state index in [1.54, 1.807) is 49.6 Å². The molecule has 2 rings (SSSR count). The van der Waals surface area contributed by atoms with Crippen molar-refractivity contribution < 1.29 is 19.1 Å². The van der Waals surface area contributed by atoms with Crippen LogP contribution in [0.5, 0.6) is 5.75 Å². The molecule has 0 aromatic heterocycles. The molecule has 0 spiro atoms. The number of benzene rings is 2. The lowest BCUT2D eigenvalue weighted by Crippen LogP contribution is -2.15. The molecule has 21 heavy (non-hydrogen) atoms. The Hall–Kier alpha value is -2.62. The van der Waals surface area contributed by atoms with Crippen molar-refractivity contribution in [2.45, 2.75) is 6.42 Å². The van der Waals surface area contributed by atoms with E-state index in [1.165, 1.54) is 0 Å². The topological polar surface area (TPSA) is 52.6 Å². The minimum atomic E-state index is -0.437. The Morgan fingerprint density at radius 1 is 1.00 bits per heavy atom. The van der Waals surface area contributed by atoms with Gasteiger partial charge in [0.1, 0.15) is 5.75 Å². The lowest BCUT2D eigenvalue weighted by Gasteiger charge is -2.06. The standard InChI is InChI=1S/C17H16O4/c1-20-15-9-5-6-13(10-15)11-17(19)21-12-16(18)14-7-3-2-4-8-14/h2-10H,11-12H2,1H3. The Labute approximate surface area is 123 Å². The van der Waals surface area contributed by atoms with Crippen molar-refractivity contribution in [2.75, 3.05) is 13.7 Å². The Morgan fingerprint density at radius 2 is 1.76 bits per heavy atom. The van der Waals surface area contributed by atoms with Crippen LogP contribution in [0.4, 0.5) is 0 Å². The fourth-order valence-electron chi connectivity index (χ4n) is 1.85. The molecule has 2 aromatic rings. The minimum absolute atomic E-state index is 0.110. The van der Waals surface area contributed by atoms with E-state index in [1.807, 2.05) is 12.1 Å². The number of hydrogen-bond acceptors (Lipinski definition) is 4. The van der Waals surface area contributed by atoms with E-state index in [0.29, 0.717) is 11.3 Å². The third-order valence-electron chi connectivity index (χ3n) is 2.94. The zero-order valence-electron chi connectivity index (χ0n) is 11.7. The van der Waals surface area contributed by atoms with Gasteiger partial charge in [0.15, 0.2) is 12.4 Å². The number of hydrogen-bond donors (Lipinski definition) is 0. The molecule has 0 aliphatic carbocycles. The van der Waals surface area contributed by atoms with Gasteiger partial charge in [0.05, 0.1) is 13.5 Å². The molecule has 0 atom stereocenters. The molecule has 0 saturated carbocycles. The van der Waals surface area contributed by atoms with Crippen LogP contribution in [-0.4, -0.2) is 25.5 Å². The summed E-state index contributed by atoms with van der Waals surface area (Å²) in [5.41, 5.74) is 1.32. The summed E-state index contributed by atoms with van der Waals surface area (Å²) in [6.45, 7) is -0.243. The lowest BCUT2D eigenvalue weighted by molar-refractivity contribution is -0.141. The molecule has 0 heterocycles. The van der Waals surface area contributed by atoms with Crippen molar-refractivity contribution in [1.82, 2.24) is 0 Å². The lowest BCUT2D eigenvalue weighted by atomic mass is 10.1. The number of carbonyl (C=O) groups is 2. The van der Waals surface area contributed by atoms with E-state index in [9.17, 15) is 9.59 Å². The average Bonchev–Trinajstić information content (AvgIpc) is 2.53. The number of rotatable bonds is 6. The second-order valence-electron chi connectivity index (χ2n) is 4.48. The van der Waals surface area contributed by atoms with Crippen LogP contribution in [0.25, 0.3) is 0 Å². The van der Waals surface area contributed by atoms with E-state index < -0.39 is 5.97 Å². The van der Waals surface area contributed by atoms with E-state index in [4.69, 9.17) is 9.47 Å². The first kappa shape index (κ1) is 14.8. The predicted molar refractivity (Wildman–Crippen MR) is 78.4 cm³/mol. The van der Waals surface area contributed by atoms with Gasteiger partial charge in [-0.3, -0.25) is 9.59 Å². The summed E-state index contributed by atoms with van der Waals surface area (Å²) in [6.07, 6.45) is 0.110. The number of ketones is 1. The van der Waals surface area contributed by atoms with Crippen LogP contribution in [0.2, 0.25) is 0 Å². The van der Waals surface area contributed by atoms with Gasteiger partial charge in [-0.2, -0.15) is 0 Å². The largest absolute Gasteiger partial charge is 0.497 e. The molecule has 2 aromatic carbocycles. The van der Waals surface area contributed by atoms with Gasteiger partial charge >= 0.3 is 5.97 Å². The molecule has 0 radical (unpaired) electrons. The highest BCUT2D eigenvalue weighted by Gasteiger charge is 2.10. The SMILES string of the molecule is COc1cccc(CC(=O)OCC(=O)c2ccccc2)c1. The van der Waals surface area contributed by atoms with Gasteiger partial charge in [0.25, 0.3) is 0 Å². The first-order valence-electron chi connectivity index (χ1n) is 6.56. The second kappa shape index (κ2) is 7.24. The number of ether oxygens (including phenoxy) is 2. The molecule has 0 unspecified atom stereocenters. The van der Waals surface area contributed by atoms with Crippen molar-refractivity contribution >= 4 is 11.8 Å². The Balaban J connectivity index is 1.86. The highest BCUT2D eigenvalue weighted by Crippen LogP contribution is 2.13.